The minimum absolute atomic E-state index is 0.0596. The van der Waals surface area contributed by atoms with Gasteiger partial charge >= 0.3 is 0 Å². The van der Waals surface area contributed by atoms with Crippen molar-refractivity contribution < 1.29 is 19.7 Å². The van der Waals surface area contributed by atoms with E-state index in [2.05, 4.69) is 0 Å². The highest BCUT2D eigenvalue weighted by Crippen LogP contribution is 2.43. The van der Waals surface area contributed by atoms with Crippen LogP contribution in [0.25, 0.3) is 11.1 Å². The van der Waals surface area contributed by atoms with E-state index in [1.807, 2.05) is 61.5 Å². The van der Waals surface area contributed by atoms with Crippen molar-refractivity contribution in [2.75, 3.05) is 0 Å². The summed E-state index contributed by atoms with van der Waals surface area (Å²) in [7, 11) is 0. The van der Waals surface area contributed by atoms with E-state index in [1.165, 1.54) is 0 Å². The number of hydrogen-bond acceptors (Lipinski definition) is 4. The van der Waals surface area contributed by atoms with Crippen LogP contribution in [0.3, 0.4) is 0 Å². The van der Waals surface area contributed by atoms with Crippen molar-refractivity contribution >= 4 is 6.29 Å². The second-order valence-electron chi connectivity index (χ2n) is 6.50. The van der Waals surface area contributed by atoms with Crippen LogP contribution in [0.1, 0.15) is 32.6 Å². The van der Waals surface area contributed by atoms with Gasteiger partial charge in [0.15, 0.2) is 17.8 Å². The van der Waals surface area contributed by atoms with E-state index in [0.29, 0.717) is 24.0 Å². The molecule has 0 spiro atoms. The first-order valence-corrected chi connectivity index (χ1v) is 8.74. The van der Waals surface area contributed by atoms with Crippen molar-refractivity contribution in [2.24, 2.45) is 0 Å². The minimum Gasteiger partial charge on any atom is -0.504 e. The second-order valence-corrected chi connectivity index (χ2v) is 6.50. The zero-order chi connectivity index (χ0) is 19.4. The van der Waals surface area contributed by atoms with Gasteiger partial charge in [0.05, 0.1) is 18.8 Å². The first-order chi connectivity index (χ1) is 13.0. The minimum atomic E-state index is -0.404. The number of benzene rings is 3. The molecule has 0 radical (unpaired) electrons. The van der Waals surface area contributed by atoms with E-state index in [4.69, 9.17) is 4.74 Å². The van der Waals surface area contributed by atoms with Gasteiger partial charge in [-0.15, -0.1) is 0 Å². The molecule has 0 amide bonds. The Bertz CT molecular complexity index is 962. The average Bonchev–Trinajstić information content (AvgIpc) is 2.68. The van der Waals surface area contributed by atoms with Crippen LogP contribution in [-0.2, 0) is 18.0 Å². The third kappa shape index (κ3) is 3.71. The van der Waals surface area contributed by atoms with E-state index in [1.54, 1.807) is 6.92 Å². The molecule has 4 nitrogen and oxygen atoms in total. The van der Waals surface area contributed by atoms with Gasteiger partial charge in [0.1, 0.15) is 0 Å². The number of ether oxygens (including phenoxy) is 1. The summed E-state index contributed by atoms with van der Waals surface area (Å²) in [6.45, 7) is 4.22. The van der Waals surface area contributed by atoms with Crippen LogP contribution in [0.15, 0.2) is 54.6 Å². The molecule has 0 saturated carbocycles. The number of carbonyl (C=O) groups is 1. The summed E-state index contributed by atoms with van der Waals surface area (Å²) in [5.74, 6) is -0.680. The zero-order valence-corrected chi connectivity index (χ0v) is 15.4. The van der Waals surface area contributed by atoms with Gasteiger partial charge in [0.2, 0.25) is 0 Å². The lowest BCUT2D eigenvalue weighted by molar-refractivity contribution is 0.103. The van der Waals surface area contributed by atoms with E-state index < -0.39 is 5.75 Å². The molecule has 2 N–H and O–H groups in total. The number of aldehydes is 1. The number of rotatable bonds is 6. The maximum atomic E-state index is 11.7. The van der Waals surface area contributed by atoms with Crippen molar-refractivity contribution in [2.45, 2.75) is 27.1 Å². The smallest absolute Gasteiger partial charge is 0.168 e. The van der Waals surface area contributed by atoms with Crippen LogP contribution in [0, 0.1) is 13.8 Å². The average molecular weight is 362 g/mol. The molecule has 0 unspecified atom stereocenters. The lowest BCUT2D eigenvalue weighted by Crippen LogP contribution is -2.04. The number of hydrogen-bond donors (Lipinski definition) is 2. The summed E-state index contributed by atoms with van der Waals surface area (Å²) in [6, 6.07) is 17.5. The number of aromatic hydroxyl groups is 2. The van der Waals surface area contributed by atoms with Gasteiger partial charge in [0, 0.05) is 11.1 Å². The number of phenolic OH excluding ortho intramolecular Hbond substituents is 2. The Morgan fingerprint density at radius 1 is 0.889 bits per heavy atom. The molecule has 0 fully saturated rings. The normalized spacial score (nSPS) is 10.7. The molecule has 0 heterocycles. The predicted octanol–water partition coefficient (Wildman–Crippen LogP) is 4.91. The SMILES string of the molecule is Cc1ccccc1-c1c(C)c(O)c(O)c(C=O)c1COCc1ccccc1. The summed E-state index contributed by atoms with van der Waals surface area (Å²) < 4.78 is 5.85. The third-order valence-corrected chi connectivity index (χ3v) is 4.73. The van der Waals surface area contributed by atoms with Gasteiger partial charge in [-0.25, -0.2) is 0 Å². The van der Waals surface area contributed by atoms with E-state index >= 15 is 0 Å². The van der Waals surface area contributed by atoms with Crippen molar-refractivity contribution in [3.8, 4) is 22.6 Å². The Labute approximate surface area is 158 Å². The number of phenols is 2. The standard InChI is InChI=1S/C23H22O4/c1-15-8-6-7-11-18(15)21-16(2)22(25)23(26)19(12-24)20(21)14-27-13-17-9-4-3-5-10-17/h3-12,25-26H,13-14H2,1-2H3. The molecule has 138 valence electrons. The van der Waals surface area contributed by atoms with Gasteiger partial charge in [-0.05, 0) is 36.1 Å². The quantitative estimate of drug-likeness (QED) is 0.483. The highest BCUT2D eigenvalue weighted by atomic mass is 16.5. The van der Waals surface area contributed by atoms with Crippen molar-refractivity contribution in [3.63, 3.8) is 0 Å². The molecule has 3 aromatic carbocycles. The van der Waals surface area contributed by atoms with Gasteiger partial charge in [0.25, 0.3) is 0 Å². The molecule has 0 aliphatic heterocycles. The summed E-state index contributed by atoms with van der Waals surface area (Å²) >= 11 is 0. The van der Waals surface area contributed by atoms with E-state index in [0.717, 1.165) is 22.3 Å². The van der Waals surface area contributed by atoms with Crippen LogP contribution in [-0.4, -0.2) is 16.5 Å². The zero-order valence-electron chi connectivity index (χ0n) is 15.4. The Morgan fingerprint density at radius 2 is 1.56 bits per heavy atom. The predicted molar refractivity (Wildman–Crippen MR) is 105 cm³/mol. The van der Waals surface area contributed by atoms with Crippen LogP contribution < -0.4 is 0 Å². The summed E-state index contributed by atoms with van der Waals surface area (Å²) in [4.78, 5) is 11.7. The van der Waals surface area contributed by atoms with Gasteiger partial charge in [-0.3, -0.25) is 4.79 Å². The fraction of sp³-hybridized carbons (Fsp3) is 0.174. The molecule has 0 aliphatic carbocycles. The summed E-state index contributed by atoms with van der Waals surface area (Å²) in [5, 5.41) is 20.6. The van der Waals surface area contributed by atoms with E-state index in [-0.39, 0.29) is 17.9 Å². The molecular formula is C23H22O4. The van der Waals surface area contributed by atoms with Gasteiger partial charge in [-0.1, -0.05) is 54.6 Å². The molecule has 3 aromatic rings. The first-order valence-electron chi connectivity index (χ1n) is 8.74. The van der Waals surface area contributed by atoms with Crippen molar-refractivity contribution in [1.29, 1.82) is 0 Å². The van der Waals surface area contributed by atoms with Crippen LogP contribution in [0.2, 0.25) is 0 Å². The van der Waals surface area contributed by atoms with Crippen molar-refractivity contribution in [3.05, 3.63) is 82.4 Å². The largest absolute Gasteiger partial charge is 0.504 e. The highest BCUT2D eigenvalue weighted by molar-refractivity contribution is 5.91. The van der Waals surface area contributed by atoms with Gasteiger partial charge in [-0.2, -0.15) is 0 Å². The topological polar surface area (TPSA) is 66.8 Å². The van der Waals surface area contributed by atoms with E-state index in [9.17, 15) is 15.0 Å². The first kappa shape index (κ1) is 18.7. The molecule has 0 aromatic heterocycles. The third-order valence-electron chi connectivity index (χ3n) is 4.73. The Kier molecular flexibility index (Phi) is 5.57. The number of carbonyl (C=O) groups excluding carboxylic acids is 1. The Balaban J connectivity index is 2.07. The second kappa shape index (κ2) is 8.06. The fourth-order valence-corrected chi connectivity index (χ4v) is 3.27. The molecule has 0 aliphatic rings. The molecule has 4 heteroatoms. The molecule has 0 bridgehead atoms. The van der Waals surface area contributed by atoms with Crippen LogP contribution in [0.5, 0.6) is 11.5 Å². The lowest BCUT2D eigenvalue weighted by atomic mass is 9.88. The fourth-order valence-electron chi connectivity index (χ4n) is 3.27. The summed E-state index contributed by atoms with van der Waals surface area (Å²) in [6.07, 6.45) is 0.567. The molecule has 0 saturated heterocycles. The lowest BCUT2D eigenvalue weighted by Gasteiger charge is -2.20. The Hall–Kier alpha value is -3.11. The van der Waals surface area contributed by atoms with Crippen LogP contribution >= 0.6 is 0 Å². The monoisotopic (exact) mass is 362 g/mol. The summed E-state index contributed by atoms with van der Waals surface area (Å²) in [5.41, 5.74) is 4.79. The number of aryl methyl sites for hydroxylation is 1. The van der Waals surface area contributed by atoms with Crippen LogP contribution in [0.4, 0.5) is 0 Å². The van der Waals surface area contributed by atoms with Gasteiger partial charge < -0.3 is 14.9 Å². The molecule has 3 rings (SSSR count). The molecule has 27 heavy (non-hydrogen) atoms. The maximum Gasteiger partial charge on any atom is 0.168 e. The maximum absolute atomic E-state index is 11.7. The molecular weight excluding hydrogens is 340 g/mol. The Morgan fingerprint density at radius 3 is 2.22 bits per heavy atom. The molecule has 0 atom stereocenters. The highest BCUT2D eigenvalue weighted by Gasteiger charge is 2.23. The van der Waals surface area contributed by atoms with Crippen molar-refractivity contribution in [1.82, 2.24) is 0 Å².